The van der Waals surface area contributed by atoms with E-state index in [4.69, 9.17) is 19.4 Å². The lowest BCUT2D eigenvalue weighted by Gasteiger charge is -2.13. The number of furan rings is 1. The van der Waals surface area contributed by atoms with Gasteiger partial charge in [0.2, 0.25) is 0 Å². The lowest BCUT2D eigenvalue weighted by molar-refractivity contribution is 0.670. The normalized spacial score (nSPS) is 11.5. The predicted octanol–water partition coefficient (Wildman–Crippen LogP) is 18.5. The maximum absolute atomic E-state index is 6.71. The zero-order chi connectivity index (χ0) is 49.8. The van der Waals surface area contributed by atoms with Crippen molar-refractivity contribution in [1.29, 1.82) is 0 Å². The molecule has 0 saturated heterocycles. The summed E-state index contributed by atoms with van der Waals surface area (Å²) in [5.74, 6) is 1.90. The average molecular weight is 959 g/mol. The van der Waals surface area contributed by atoms with Gasteiger partial charge in [0, 0.05) is 49.5 Å². The Hall–Kier alpha value is -9.97. The molecule has 352 valence electrons. The van der Waals surface area contributed by atoms with Crippen molar-refractivity contribution in [2.24, 2.45) is 0 Å². The maximum atomic E-state index is 6.71. The molecule has 3 heterocycles. The summed E-state index contributed by atoms with van der Waals surface area (Å²) < 4.78 is 9.11. The number of hydrogen-bond donors (Lipinski definition) is 0. The molecule has 0 unspecified atom stereocenters. The molecule has 0 amide bonds. The molecule has 0 aliphatic rings. The van der Waals surface area contributed by atoms with E-state index >= 15 is 0 Å². The van der Waals surface area contributed by atoms with Gasteiger partial charge in [0.15, 0.2) is 17.5 Å². The molecule has 0 radical (unpaired) electrons. The summed E-state index contributed by atoms with van der Waals surface area (Å²) in [6.45, 7) is 2.15. The maximum Gasteiger partial charge on any atom is 0.164 e. The van der Waals surface area contributed by atoms with Crippen LogP contribution in [0.5, 0.6) is 0 Å². The topological polar surface area (TPSA) is 56.7 Å². The molecule has 0 spiro atoms. The van der Waals surface area contributed by atoms with Crippen LogP contribution in [-0.2, 0) is 0 Å². The smallest absolute Gasteiger partial charge is 0.164 e. The van der Waals surface area contributed by atoms with Crippen molar-refractivity contribution in [3.05, 3.63) is 266 Å². The van der Waals surface area contributed by atoms with E-state index in [1.54, 1.807) is 0 Å². The van der Waals surface area contributed by atoms with Crippen molar-refractivity contribution >= 4 is 43.7 Å². The monoisotopic (exact) mass is 958 g/mol. The minimum Gasteiger partial charge on any atom is -0.455 e. The standard InChI is InChI=1S/C70H46N4O/c1-45-16-12-21-50(38-45)55-36-37-65-62(42-55)59-28-8-10-30-64(59)74(65)58-27-15-25-54(41-58)52-23-13-24-53(39-52)57-43-61(67-63(44-57)60-29-9-11-31-66(60)75-67)47-34-32-46(33-35-47)51-22-14-26-56(40-51)70-72-68(48-17-4-2-5-18-48)71-69(73-70)49-19-6-3-7-20-49/h2-44H,1H3. The van der Waals surface area contributed by atoms with Crippen molar-refractivity contribution in [2.75, 3.05) is 0 Å². The Morgan fingerprint density at radius 1 is 0.293 bits per heavy atom. The first-order valence-corrected chi connectivity index (χ1v) is 25.4. The van der Waals surface area contributed by atoms with E-state index in [0.29, 0.717) is 17.5 Å². The number of para-hydroxylation sites is 2. The number of rotatable bonds is 9. The fourth-order valence-corrected chi connectivity index (χ4v) is 10.8. The first-order valence-electron chi connectivity index (χ1n) is 25.4. The third kappa shape index (κ3) is 8.04. The van der Waals surface area contributed by atoms with Gasteiger partial charge < -0.3 is 8.98 Å². The highest BCUT2D eigenvalue weighted by molar-refractivity contribution is 6.12. The molecule has 11 aromatic carbocycles. The molecule has 14 aromatic rings. The van der Waals surface area contributed by atoms with Gasteiger partial charge in [0.25, 0.3) is 0 Å². The third-order valence-corrected chi connectivity index (χ3v) is 14.5. The van der Waals surface area contributed by atoms with Crippen LogP contribution in [0, 0.1) is 6.92 Å². The number of benzene rings is 11. The molecule has 5 heteroatoms. The van der Waals surface area contributed by atoms with E-state index in [2.05, 4.69) is 206 Å². The summed E-state index contributed by atoms with van der Waals surface area (Å²) in [6.07, 6.45) is 0. The Kier molecular flexibility index (Phi) is 10.7. The van der Waals surface area contributed by atoms with Gasteiger partial charge in [-0.3, -0.25) is 0 Å². The van der Waals surface area contributed by atoms with E-state index in [9.17, 15) is 0 Å². The van der Waals surface area contributed by atoms with Gasteiger partial charge in [-0.1, -0.05) is 206 Å². The third-order valence-electron chi connectivity index (χ3n) is 14.5. The highest BCUT2D eigenvalue weighted by Crippen LogP contribution is 2.42. The minimum absolute atomic E-state index is 0.623. The van der Waals surface area contributed by atoms with E-state index in [1.165, 1.54) is 38.5 Å². The summed E-state index contributed by atoms with van der Waals surface area (Å²) in [5.41, 5.74) is 20.5. The zero-order valence-electron chi connectivity index (χ0n) is 41.0. The summed E-state index contributed by atoms with van der Waals surface area (Å²) in [4.78, 5) is 14.9. The molecule has 5 nitrogen and oxygen atoms in total. The Morgan fingerprint density at radius 3 is 1.49 bits per heavy atom. The quantitative estimate of drug-likeness (QED) is 0.145. The Balaban J connectivity index is 0.820. The highest BCUT2D eigenvalue weighted by Gasteiger charge is 2.19. The molecule has 0 N–H and O–H groups in total. The first-order chi connectivity index (χ1) is 37.0. The van der Waals surface area contributed by atoms with Crippen molar-refractivity contribution in [3.63, 3.8) is 0 Å². The Labute approximate surface area is 434 Å². The molecule has 0 aliphatic heterocycles. The zero-order valence-corrected chi connectivity index (χ0v) is 41.0. The number of nitrogens with zero attached hydrogens (tertiary/aromatic N) is 4. The second-order valence-corrected chi connectivity index (χ2v) is 19.3. The molecular weight excluding hydrogens is 913 g/mol. The number of hydrogen-bond acceptors (Lipinski definition) is 4. The predicted molar refractivity (Wildman–Crippen MR) is 310 cm³/mol. The molecule has 14 rings (SSSR count). The molecule has 0 atom stereocenters. The summed E-state index contributed by atoms with van der Waals surface area (Å²) in [5, 5.41) is 4.66. The molecule has 0 fully saturated rings. The van der Waals surface area contributed by atoms with Gasteiger partial charge >= 0.3 is 0 Å². The van der Waals surface area contributed by atoms with Gasteiger partial charge in [-0.15, -0.1) is 0 Å². The fraction of sp³-hybridized carbons (Fsp3) is 0.0143. The minimum atomic E-state index is 0.623. The number of aryl methyl sites for hydroxylation is 1. The lowest BCUT2D eigenvalue weighted by Crippen LogP contribution is -2.00. The van der Waals surface area contributed by atoms with Gasteiger partial charge in [-0.2, -0.15) is 0 Å². The SMILES string of the molecule is Cc1cccc(-c2ccc3c(c2)c2ccccc2n3-c2cccc(-c3cccc(-c4cc(-c5ccc(-c6cccc(-c7nc(-c8ccccc8)nc(-c8ccccc8)n7)c6)cc5)c5oc6ccccc6c5c4)c3)c2)c1. The van der Waals surface area contributed by atoms with Gasteiger partial charge in [-0.25, -0.2) is 15.0 Å². The van der Waals surface area contributed by atoms with Crippen molar-refractivity contribution < 1.29 is 4.42 Å². The van der Waals surface area contributed by atoms with Crippen LogP contribution < -0.4 is 0 Å². The van der Waals surface area contributed by atoms with Crippen LogP contribution in [0.4, 0.5) is 0 Å². The van der Waals surface area contributed by atoms with Crippen LogP contribution in [0.3, 0.4) is 0 Å². The van der Waals surface area contributed by atoms with E-state index in [0.717, 1.165) is 88.8 Å². The van der Waals surface area contributed by atoms with Gasteiger partial charge in [0.1, 0.15) is 11.2 Å². The van der Waals surface area contributed by atoms with Crippen LogP contribution in [0.1, 0.15) is 5.56 Å². The molecular formula is C70H46N4O. The largest absolute Gasteiger partial charge is 0.455 e. The Bertz CT molecular complexity index is 4420. The number of aromatic nitrogens is 4. The van der Waals surface area contributed by atoms with Crippen LogP contribution >= 0.6 is 0 Å². The molecule has 0 aliphatic carbocycles. The second kappa shape index (κ2) is 18.3. The molecule has 0 bridgehead atoms. The average Bonchev–Trinajstić information content (AvgIpc) is 4.06. The van der Waals surface area contributed by atoms with Gasteiger partial charge in [-0.05, 0) is 118 Å². The molecule has 0 saturated carbocycles. The summed E-state index contributed by atoms with van der Waals surface area (Å²) in [7, 11) is 0. The first kappa shape index (κ1) is 43.8. The van der Waals surface area contributed by atoms with Crippen molar-refractivity contribution in [2.45, 2.75) is 6.92 Å². The van der Waals surface area contributed by atoms with Crippen LogP contribution in [0.25, 0.3) is 139 Å². The van der Waals surface area contributed by atoms with Crippen LogP contribution in [0.2, 0.25) is 0 Å². The van der Waals surface area contributed by atoms with Crippen molar-refractivity contribution in [1.82, 2.24) is 19.5 Å². The van der Waals surface area contributed by atoms with Gasteiger partial charge in [0.05, 0.1) is 11.0 Å². The van der Waals surface area contributed by atoms with Crippen molar-refractivity contribution in [3.8, 4) is 95.5 Å². The lowest BCUT2D eigenvalue weighted by atomic mass is 9.93. The number of fused-ring (bicyclic) bond motifs is 6. The highest BCUT2D eigenvalue weighted by atomic mass is 16.3. The molecule has 75 heavy (non-hydrogen) atoms. The van der Waals surface area contributed by atoms with E-state index in [1.807, 2.05) is 66.7 Å². The molecule has 3 aromatic heterocycles. The van der Waals surface area contributed by atoms with E-state index in [-0.39, 0.29) is 0 Å². The summed E-state index contributed by atoms with van der Waals surface area (Å²) in [6, 6.07) is 92.6. The van der Waals surface area contributed by atoms with Crippen LogP contribution in [-0.4, -0.2) is 19.5 Å². The second-order valence-electron chi connectivity index (χ2n) is 19.3. The summed E-state index contributed by atoms with van der Waals surface area (Å²) >= 11 is 0. The Morgan fingerprint density at radius 2 is 0.773 bits per heavy atom. The van der Waals surface area contributed by atoms with Crippen LogP contribution in [0.15, 0.2) is 265 Å². The fourth-order valence-electron chi connectivity index (χ4n) is 10.8. The van der Waals surface area contributed by atoms with E-state index < -0.39 is 0 Å².